The molecule has 1 amide bonds. The number of H-pyrrole nitrogens is 1. The molecule has 13 heteroatoms. The number of aromatic amines is 1. The summed E-state index contributed by atoms with van der Waals surface area (Å²) in [5.74, 6) is 0.815. The number of hydrogen-bond acceptors (Lipinski definition) is 9. The van der Waals surface area contributed by atoms with Crippen LogP contribution in [0.3, 0.4) is 0 Å². The lowest BCUT2D eigenvalue weighted by Gasteiger charge is -2.29. The van der Waals surface area contributed by atoms with Crippen molar-refractivity contribution in [3.8, 4) is 5.75 Å². The van der Waals surface area contributed by atoms with Gasteiger partial charge in [-0.25, -0.2) is 9.98 Å². The Balaban J connectivity index is 1.64. The molecule has 0 saturated carbocycles. The van der Waals surface area contributed by atoms with E-state index >= 15 is 0 Å². The van der Waals surface area contributed by atoms with E-state index in [4.69, 9.17) is 14.1 Å². The molecule has 1 N–H and O–H groups in total. The molecule has 1 aliphatic rings. The summed E-state index contributed by atoms with van der Waals surface area (Å²) < 4.78 is 14.3. The molecule has 0 bridgehead atoms. The van der Waals surface area contributed by atoms with Gasteiger partial charge in [-0.05, 0) is 67.5 Å². The van der Waals surface area contributed by atoms with Crippen LogP contribution in [0.15, 0.2) is 81.4 Å². The molecule has 42 heavy (non-hydrogen) atoms. The van der Waals surface area contributed by atoms with Crippen molar-refractivity contribution in [2.24, 2.45) is 4.99 Å². The largest absolute Gasteiger partial charge is 0.496 e. The summed E-state index contributed by atoms with van der Waals surface area (Å²) in [6.45, 7) is 8.43. The molecule has 3 aromatic heterocycles. The fourth-order valence-electron chi connectivity index (χ4n) is 4.79. The van der Waals surface area contributed by atoms with Gasteiger partial charge in [0.2, 0.25) is 0 Å². The summed E-state index contributed by atoms with van der Waals surface area (Å²) in [5, 5.41) is 0.858. The molecule has 4 heterocycles. The second kappa shape index (κ2) is 12.3. The minimum atomic E-state index is -0.730. The molecule has 5 rings (SSSR count). The molecular weight excluding hydrogens is 642 g/mol. The normalized spacial score (nSPS) is 15.0. The number of thiazole rings is 1. The number of likely N-dealkylation sites (N-methyl/N-ethyl adjacent to an activating group) is 1. The number of furan rings is 1. The van der Waals surface area contributed by atoms with Gasteiger partial charge in [-0.3, -0.25) is 19.0 Å². The van der Waals surface area contributed by atoms with E-state index < -0.39 is 6.04 Å². The third-order valence-corrected chi connectivity index (χ3v) is 9.43. The summed E-state index contributed by atoms with van der Waals surface area (Å²) in [7, 11) is 1.57. The second-order valence-corrected chi connectivity index (χ2v) is 12.2. The SMILES string of the molecule is CCN(CC)C(=O)C1=C(C)N=c2s/c(=C\c3cc(Br)c(Sc4nc(C)cc(=O)[nH]4)o3)c(=O)n2[C@@H]1c1ccccc1OC. The Hall–Kier alpha value is -3.68. The van der Waals surface area contributed by atoms with Gasteiger partial charge in [-0.15, -0.1) is 0 Å². The van der Waals surface area contributed by atoms with Crippen molar-refractivity contribution in [3.63, 3.8) is 0 Å². The minimum absolute atomic E-state index is 0.175. The summed E-state index contributed by atoms with van der Waals surface area (Å²) in [4.78, 5) is 53.6. The van der Waals surface area contributed by atoms with Crippen molar-refractivity contribution in [2.75, 3.05) is 20.2 Å². The lowest BCUT2D eigenvalue weighted by molar-refractivity contribution is -0.127. The maximum absolute atomic E-state index is 14.0. The molecule has 0 aliphatic carbocycles. The van der Waals surface area contributed by atoms with E-state index in [-0.39, 0.29) is 17.0 Å². The number of methoxy groups -OCH3 is 1. The van der Waals surface area contributed by atoms with Crippen LogP contribution in [0.5, 0.6) is 5.75 Å². The Morgan fingerprint density at radius 1 is 1.24 bits per heavy atom. The van der Waals surface area contributed by atoms with Crippen molar-refractivity contribution in [1.29, 1.82) is 0 Å². The summed E-state index contributed by atoms with van der Waals surface area (Å²) >= 11 is 5.87. The highest BCUT2D eigenvalue weighted by Gasteiger charge is 2.35. The van der Waals surface area contributed by atoms with Gasteiger partial charge in [0.15, 0.2) is 15.1 Å². The number of carbonyl (C=O) groups excluding carboxylic acids is 1. The first kappa shape index (κ1) is 29.8. The number of nitrogens with zero attached hydrogens (tertiary/aromatic N) is 4. The standard InChI is InChI=1S/C29H28BrN5O5S2/c1-6-34(7-2)26(38)23-16(4)32-29-35(24(23)18-10-8-9-11-20(18)39-5)25(37)21(41-29)14-17-13-19(30)27(40-17)42-28-31-15(3)12-22(36)33-28/h8-14,24H,6-7H2,1-5H3,(H,31,33,36)/b21-14-/t24-/m1/s1. The predicted molar refractivity (Wildman–Crippen MR) is 165 cm³/mol. The number of aromatic nitrogens is 3. The zero-order valence-corrected chi connectivity index (χ0v) is 26.8. The molecule has 1 atom stereocenters. The fourth-order valence-corrected chi connectivity index (χ4v) is 7.18. The van der Waals surface area contributed by atoms with E-state index in [9.17, 15) is 14.4 Å². The van der Waals surface area contributed by atoms with Gasteiger partial charge in [0.1, 0.15) is 17.6 Å². The third kappa shape index (κ3) is 5.68. The average molecular weight is 671 g/mol. The molecule has 218 valence electrons. The lowest BCUT2D eigenvalue weighted by Crippen LogP contribution is -2.43. The number of carbonyl (C=O) groups is 1. The number of benzene rings is 1. The van der Waals surface area contributed by atoms with Crippen LogP contribution in [0, 0.1) is 6.92 Å². The van der Waals surface area contributed by atoms with E-state index in [1.54, 1.807) is 42.6 Å². The molecule has 10 nitrogen and oxygen atoms in total. The van der Waals surface area contributed by atoms with Crippen LogP contribution >= 0.6 is 39.0 Å². The number of halogens is 1. The third-order valence-electron chi connectivity index (χ3n) is 6.72. The predicted octanol–water partition coefficient (Wildman–Crippen LogP) is 4.01. The van der Waals surface area contributed by atoms with E-state index in [0.29, 0.717) is 71.2 Å². The van der Waals surface area contributed by atoms with Crippen LogP contribution in [-0.2, 0) is 4.79 Å². The van der Waals surface area contributed by atoms with Crippen molar-refractivity contribution >= 4 is 51.0 Å². The van der Waals surface area contributed by atoms with Crippen molar-refractivity contribution in [1.82, 2.24) is 19.4 Å². The summed E-state index contributed by atoms with van der Waals surface area (Å²) in [6.07, 6.45) is 1.65. The van der Waals surface area contributed by atoms with E-state index in [2.05, 4.69) is 25.9 Å². The Morgan fingerprint density at radius 3 is 2.67 bits per heavy atom. The van der Waals surface area contributed by atoms with Crippen molar-refractivity contribution < 1.29 is 13.9 Å². The van der Waals surface area contributed by atoms with Gasteiger partial charge in [0.25, 0.3) is 17.0 Å². The van der Waals surface area contributed by atoms with Gasteiger partial charge in [0, 0.05) is 36.5 Å². The number of hydrogen-bond donors (Lipinski definition) is 1. The van der Waals surface area contributed by atoms with Crippen molar-refractivity contribution in [3.05, 3.63) is 99.2 Å². The number of rotatable bonds is 8. The monoisotopic (exact) mass is 669 g/mol. The van der Waals surface area contributed by atoms with Gasteiger partial charge in [-0.2, -0.15) is 0 Å². The van der Waals surface area contributed by atoms with Crippen molar-refractivity contribution in [2.45, 2.75) is 44.0 Å². The number of nitrogens with one attached hydrogen (secondary N) is 1. The quantitative estimate of drug-likeness (QED) is 0.281. The van der Waals surface area contributed by atoms with Crippen LogP contribution in [0.4, 0.5) is 0 Å². The topological polar surface area (TPSA) is 123 Å². The van der Waals surface area contributed by atoms with Crippen LogP contribution in [0.2, 0.25) is 0 Å². The minimum Gasteiger partial charge on any atom is -0.496 e. The van der Waals surface area contributed by atoms with E-state index in [0.717, 1.165) is 11.8 Å². The molecule has 0 unspecified atom stereocenters. The summed E-state index contributed by atoms with van der Waals surface area (Å²) in [5.41, 5.74) is 1.70. The highest BCUT2D eigenvalue weighted by Crippen LogP contribution is 2.36. The molecule has 1 aromatic carbocycles. The molecule has 1 aliphatic heterocycles. The molecule has 4 aromatic rings. The maximum Gasteiger partial charge on any atom is 0.271 e. The number of amides is 1. The zero-order chi connectivity index (χ0) is 30.1. The average Bonchev–Trinajstić information content (AvgIpc) is 3.45. The number of allylic oxidation sites excluding steroid dienone is 1. The van der Waals surface area contributed by atoms with Crippen LogP contribution in [0.1, 0.15) is 43.8 Å². The Kier molecular flexibility index (Phi) is 8.71. The first-order valence-electron chi connectivity index (χ1n) is 13.1. The lowest BCUT2D eigenvalue weighted by atomic mass is 9.94. The number of fused-ring (bicyclic) bond motifs is 1. The first-order valence-corrected chi connectivity index (χ1v) is 15.6. The first-order chi connectivity index (χ1) is 20.1. The van der Waals surface area contributed by atoms with Crippen LogP contribution in [0.25, 0.3) is 6.08 Å². The fraction of sp³-hybridized carbons (Fsp3) is 0.276. The maximum atomic E-state index is 14.0. The second-order valence-electron chi connectivity index (χ2n) is 9.38. The van der Waals surface area contributed by atoms with Gasteiger partial charge >= 0.3 is 0 Å². The van der Waals surface area contributed by atoms with Gasteiger partial charge in [-0.1, -0.05) is 29.5 Å². The zero-order valence-electron chi connectivity index (χ0n) is 23.6. The Labute approximate surface area is 257 Å². The number of ether oxygens (including phenoxy) is 1. The number of aryl methyl sites for hydroxylation is 1. The van der Waals surface area contributed by atoms with E-state index in [1.165, 1.54) is 17.4 Å². The van der Waals surface area contributed by atoms with Gasteiger partial charge in [0.05, 0.1) is 27.4 Å². The van der Waals surface area contributed by atoms with Crippen LogP contribution in [-0.4, -0.2) is 45.5 Å². The highest BCUT2D eigenvalue weighted by atomic mass is 79.9. The number of para-hydroxylation sites is 1. The highest BCUT2D eigenvalue weighted by molar-refractivity contribution is 9.10. The molecule has 0 fully saturated rings. The molecule has 0 spiro atoms. The van der Waals surface area contributed by atoms with Gasteiger partial charge < -0.3 is 19.0 Å². The molecular formula is C29H28BrN5O5S2. The Bertz CT molecular complexity index is 1950. The molecule has 0 radical (unpaired) electrons. The van der Waals surface area contributed by atoms with E-state index in [1.807, 2.05) is 38.1 Å². The van der Waals surface area contributed by atoms with Crippen LogP contribution < -0.4 is 25.2 Å². The molecule has 0 saturated heterocycles. The smallest absolute Gasteiger partial charge is 0.271 e. The Morgan fingerprint density at radius 2 is 1.98 bits per heavy atom. The summed E-state index contributed by atoms with van der Waals surface area (Å²) in [6, 6.07) is 9.81.